The van der Waals surface area contributed by atoms with Crippen LogP contribution in [0.1, 0.15) is 41.5 Å². The highest BCUT2D eigenvalue weighted by molar-refractivity contribution is 7.10. The molecule has 1 atom stereocenters. The number of rotatable bonds is 7. The summed E-state index contributed by atoms with van der Waals surface area (Å²) in [6, 6.07) is 12.1. The largest absolute Gasteiger partial charge is 0.507 e. The van der Waals surface area contributed by atoms with Gasteiger partial charge in [-0.3, -0.25) is 14.6 Å². The van der Waals surface area contributed by atoms with Gasteiger partial charge in [0.15, 0.2) is 0 Å². The molecule has 1 saturated heterocycles. The number of amides is 1. The number of nitrogens with zero attached hydrogens (tertiary/aromatic N) is 2. The van der Waals surface area contributed by atoms with Crippen molar-refractivity contribution in [3.8, 4) is 5.75 Å². The van der Waals surface area contributed by atoms with Crippen molar-refractivity contribution in [2.45, 2.75) is 33.4 Å². The molecule has 1 N–H and O–H groups in total. The lowest BCUT2D eigenvalue weighted by atomic mass is 9.97. The SMILES string of the molecule is Cc1cc(OCC(C)C)ccc1/C(O)=C1\C(=O)C(=O)N(Cc2cccnc2)C1c1cccs1. The fourth-order valence-electron chi connectivity index (χ4n) is 3.87. The van der Waals surface area contributed by atoms with Crippen LogP contribution in [-0.2, 0) is 16.1 Å². The summed E-state index contributed by atoms with van der Waals surface area (Å²) >= 11 is 1.44. The Kier molecular flexibility index (Phi) is 6.60. The summed E-state index contributed by atoms with van der Waals surface area (Å²) in [4.78, 5) is 32.6. The van der Waals surface area contributed by atoms with Crippen molar-refractivity contribution in [3.05, 3.63) is 87.4 Å². The lowest BCUT2D eigenvalue weighted by molar-refractivity contribution is -0.140. The molecule has 1 amide bonds. The minimum absolute atomic E-state index is 0.102. The topological polar surface area (TPSA) is 79.7 Å². The van der Waals surface area contributed by atoms with Crippen molar-refractivity contribution in [2.75, 3.05) is 6.61 Å². The van der Waals surface area contributed by atoms with Crippen LogP contribution in [-0.4, -0.2) is 33.3 Å². The van der Waals surface area contributed by atoms with Crippen LogP contribution in [0.2, 0.25) is 0 Å². The number of pyridine rings is 1. The molecule has 6 nitrogen and oxygen atoms in total. The van der Waals surface area contributed by atoms with Crippen molar-refractivity contribution >= 4 is 28.8 Å². The van der Waals surface area contributed by atoms with Gasteiger partial charge in [0.1, 0.15) is 11.5 Å². The van der Waals surface area contributed by atoms with Crippen LogP contribution in [0, 0.1) is 12.8 Å². The number of aryl methyl sites for hydroxylation is 1. The van der Waals surface area contributed by atoms with E-state index in [-0.39, 0.29) is 17.9 Å². The minimum atomic E-state index is -0.686. The summed E-state index contributed by atoms with van der Waals surface area (Å²) in [7, 11) is 0. The first kappa shape index (κ1) is 22.7. The number of hydrogen-bond donors (Lipinski definition) is 1. The second kappa shape index (κ2) is 9.58. The number of carbonyl (C=O) groups is 2. The van der Waals surface area contributed by atoms with Crippen LogP contribution in [0.4, 0.5) is 0 Å². The molecule has 1 unspecified atom stereocenters. The van der Waals surface area contributed by atoms with Gasteiger partial charge < -0.3 is 14.7 Å². The standard InChI is InChI=1S/C26H26N2O4S/c1-16(2)15-32-19-8-9-20(17(3)12-19)24(29)22-23(21-7-5-11-33-21)28(26(31)25(22)30)14-18-6-4-10-27-13-18/h4-13,16,23,29H,14-15H2,1-3H3/b24-22+. The first-order chi connectivity index (χ1) is 15.9. The molecule has 33 heavy (non-hydrogen) atoms. The zero-order valence-electron chi connectivity index (χ0n) is 18.8. The maximum Gasteiger partial charge on any atom is 0.295 e. The number of ketones is 1. The van der Waals surface area contributed by atoms with Crippen LogP contribution in [0.25, 0.3) is 5.76 Å². The summed E-state index contributed by atoms with van der Waals surface area (Å²) in [5, 5.41) is 13.2. The lowest BCUT2D eigenvalue weighted by Crippen LogP contribution is -2.28. The first-order valence-electron chi connectivity index (χ1n) is 10.8. The van der Waals surface area contributed by atoms with Gasteiger partial charge in [-0.1, -0.05) is 26.0 Å². The normalized spacial score (nSPS) is 17.7. The lowest BCUT2D eigenvalue weighted by Gasteiger charge is -2.24. The van der Waals surface area contributed by atoms with E-state index in [1.54, 1.807) is 30.6 Å². The fourth-order valence-corrected chi connectivity index (χ4v) is 4.72. The molecule has 3 aromatic rings. The molecular weight excluding hydrogens is 436 g/mol. The molecule has 1 fully saturated rings. The molecule has 170 valence electrons. The number of carbonyl (C=O) groups excluding carboxylic acids is 2. The van der Waals surface area contributed by atoms with Crippen LogP contribution in [0.15, 0.2) is 65.8 Å². The summed E-state index contributed by atoms with van der Waals surface area (Å²) in [5.74, 6) is -0.402. The predicted octanol–water partition coefficient (Wildman–Crippen LogP) is 5.11. The fraction of sp³-hybridized carbons (Fsp3) is 0.269. The molecule has 0 bridgehead atoms. The Morgan fingerprint density at radius 3 is 2.67 bits per heavy atom. The van der Waals surface area contributed by atoms with E-state index in [0.717, 1.165) is 16.0 Å². The van der Waals surface area contributed by atoms with E-state index >= 15 is 0 Å². The molecule has 1 aliphatic heterocycles. The summed E-state index contributed by atoms with van der Waals surface area (Å²) < 4.78 is 5.78. The smallest absolute Gasteiger partial charge is 0.295 e. The maximum atomic E-state index is 13.1. The van der Waals surface area contributed by atoms with E-state index in [9.17, 15) is 14.7 Å². The number of aromatic nitrogens is 1. The highest BCUT2D eigenvalue weighted by Crippen LogP contribution is 2.42. The van der Waals surface area contributed by atoms with Gasteiger partial charge in [0.25, 0.3) is 11.7 Å². The highest BCUT2D eigenvalue weighted by atomic mass is 32.1. The molecule has 7 heteroatoms. The first-order valence-corrected chi connectivity index (χ1v) is 11.7. The number of aliphatic hydroxyl groups excluding tert-OH is 1. The Labute approximate surface area is 197 Å². The average Bonchev–Trinajstić information content (AvgIpc) is 3.41. The quantitative estimate of drug-likeness (QED) is 0.300. The van der Waals surface area contributed by atoms with Gasteiger partial charge in [-0.15, -0.1) is 11.3 Å². The zero-order valence-corrected chi connectivity index (χ0v) is 19.6. The van der Waals surface area contributed by atoms with Gasteiger partial charge in [0.2, 0.25) is 0 Å². The number of benzene rings is 1. The van der Waals surface area contributed by atoms with Gasteiger partial charge in [-0.25, -0.2) is 0 Å². The van der Waals surface area contributed by atoms with Gasteiger partial charge in [-0.2, -0.15) is 0 Å². The van der Waals surface area contributed by atoms with Crippen LogP contribution >= 0.6 is 11.3 Å². The third kappa shape index (κ3) is 4.68. The Morgan fingerprint density at radius 2 is 2.03 bits per heavy atom. The zero-order chi connectivity index (χ0) is 23.5. The van der Waals surface area contributed by atoms with Gasteiger partial charge in [0.05, 0.1) is 18.2 Å². The van der Waals surface area contributed by atoms with Crippen molar-refractivity contribution < 1.29 is 19.4 Å². The maximum absolute atomic E-state index is 13.1. The van der Waals surface area contributed by atoms with Crippen molar-refractivity contribution in [1.29, 1.82) is 0 Å². The highest BCUT2D eigenvalue weighted by Gasteiger charge is 2.46. The number of ether oxygens (including phenoxy) is 1. The summed E-state index contributed by atoms with van der Waals surface area (Å²) in [5.41, 5.74) is 2.18. The third-order valence-electron chi connectivity index (χ3n) is 5.46. The Bertz CT molecular complexity index is 1190. The molecule has 0 radical (unpaired) electrons. The van der Waals surface area contributed by atoms with Crippen LogP contribution in [0.3, 0.4) is 0 Å². The van der Waals surface area contributed by atoms with E-state index in [1.165, 1.54) is 16.2 Å². The van der Waals surface area contributed by atoms with E-state index in [1.807, 2.05) is 36.6 Å². The van der Waals surface area contributed by atoms with Gasteiger partial charge in [0, 0.05) is 29.4 Å². The molecule has 0 aliphatic carbocycles. The second-order valence-corrected chi connectivity index (χ2v) is 9.46. The predicted molar refractivity (Wildman–Crippen MR) is 128 cm³/mol. The van der Waals surface area contributed by atoms with E-state index in [0.29, 0.717) is 23.8 Å². The van der Waals surface area contributed by atoms with Gasteiger partial charge >= 0.3 is 0 Å². The number of thiophene rings is 1. The minimum Gasteiger partial charge on any atom is -0.507 e. The Morgan fingerprint density at radius 1 is 1.21 bits per heavy atom. The summed E-state index contributed by atoms with van der Waals surface area (Å²) in [6.07, 6.45) is 3.33. The van der Waals surface area contributed by atoms with E-state index in [4.69, 9.17) is 4.74 Å². The number of hydrogen-bond acceptors (Lipinski definition) is 6. The Balaban J connectivity index is 1.76. The van der Waals surface area contributed by atoms with E-state index < -0.39 is 17.7 Å². The van der Waals surface area contributed by atoms with Gasteiger partial charge in [-0.05, 0) is 59.7 Å². The molecule has 2 aromatic heterocycles. The van der Waals surface area contributed by atoms with Crippen molar-refractivity contribution in [3.63, 3.8) is 0 Å². The van der Waals surface area contributed by atoms with Crippen molar-refractivity contribution in [1.82, 2.24) is 9.88 Å². The Hall–Kier alpha value is -3.45. The van der Waals surface area contributed by atoms with E-state index in [2.05, 4.69) is 18.8 Å². The molecule has 1 aliphatic rings. The molecular formula is C26H26N2O4S. The van der Waals surface area contributed by atoms with Crippen LogP contribution < -0.4 is 4.74 Å². The average molecular weight is 463 g/mol. The molecule has 0 saturated carbocycles. The molecule has 3 heterocycles. The number of Topliss-reactive ketones (excluding diaryl/α,β-unsaturated/α-hetero) is 1. The molecule has 4 rings (SSSR count). The monoisotopic (exact) mass is 462 g/mol. The third-order valence-corrected chi connectivity index (χ3v) is 6.39. The summed E-state index contributed by atoms with van der Waals surface area (Å²) in [6.45, 7) is 6.80. The number of likely N-dealkylation sites (tertiary alicyclic amines) is 1. The van der Waals surface area contributed by atoms with Crippen LogP contribution in [0.5, 0.6) is 5.75 Å². The molecule has 0 spiro atoms. The molecule has 1 aromatic carbocycles. The van der Waals surface area contributed by atoms with Crippen molar-refractivity contribution in [2.24, 2.45) is 5.92 Å². The number of aliphatic hydroxyl groups is 1. The second-order valence-electron chi connectivity index (χ2n) is 8.49.